The van der Waals surface area contributed by atoms with Crippen LogP contribution in [0.3, 0.4) is 0 Å². The maximum atomic E-state index is 13.5. The topological polar surface area (TPSA) is 131 Å². The number of carboxylic acids is 1. The number of rotatable bonds is 9. The third-order valence-electron chi connectivity index (χ3n) is 5.73. The number of carboxylic acid groups (broad SMARTS) is 1. The summed E-state index contributed by atoms with van der Waals surface area (Å²) in [4.78, 5) is 51.1. The van der Waals surface area contributed by atoms with Crippen LogP contribution in [0.5, 0.6) is 5.75 Å². The SMILES string of the molecule is COC1(NC(=O)C(Oc2ccccc2)c2ccccc2)C(=O)N2C(C(=O)O)=C(COC(C)=O)CS[C@@H]21. The Morgan fingerprint density at radius 2 is 1.78 bits per heavy atom. The third kappa shape index (κ3) is 4.67. The molecule has 0 saturated carbocycles. The summed E-state index contributed by atoms with van der Waals surface area (Å²) in [5, 5.41) is 11.6. The first kappa shape index (κ1) is 25.3. The van der Waals surface area contributed by atoms with Crippen molar-refractivity contribution in [2.45, 2.75) is 24.1 Å². The first-order valence-corrected chi connectivity index (χ1v) is 12.0. The van der Waals surface area contributed by atoms with Crippen molar-refractivity contribution in [3.63, 3.8) is 0 Å². The largest absolute Gasteiger partial charge is 0.477 e. The molecule has 2 aliphatic rings. The number of nitrogens with one attached hydrogen (secondary N) is 1. The molecule has 2 aromatic rings. The van der Waals surface area contributed by atoms with Crippen LogP contribution in [-0.4, -0.2) is 64.3 Å². The Balaban J connectivity index is 1.61. The molecule has 188 valence electrons. The molecule has 2 aliphatic heterocycles. The van der Waals surface area contributed by atoms with E-state index in [-0.39, 0.29) is 23.6 Å². The van der Waals surface area contributed by atoms with Crippen LogP contribution in [0.25, 0.3) is 0 Å². The van der Waals surface area contributed by atoms with Crippen LogP contribution >= 0.6 is 11.8 Å². The summed E-state index contributed by atoms with van der Waals surface area (Å²) in [6.45, 7) is 0.953. The van der Waals surface area contributed by atoms with Gasteiger partial charge in [0.25, 0.3) is 17.5 Å². The van der Waals surface area contributed by atoms with Gasteiger partial charge in [-0.1, -0.05) is 48.5 Å². The molecule has 4 rings (SSSR count). The molecule has 2 amide bonds. The van der Waals surface area contributed by atoms with E-state index in [4.69, 9.17) is 14.2 Å². The molecule has 1 fully saturated rings. The quantitative estimate of drug-likeness (QED) is 0.294. The molecule has 36 heavy (non-hydrogen) atoms. The Kier molecular flexibility index (Phi) is 7.32. The number of thioether (sulfide) groups is 1. The van der Waals surface area contributed by atoms with E-state index in [0.717, 1.165) is 4.90 Å². The smallest absolute Gasteiger partial charge is 0.352 e. The number of carbonyl (C=O) groups excluding carboxylic acids is 3. The lowest BCUT2D eigenvalue weighted by Gasteiger charge is -2.55. The van der Waals surface area contributed by atoms with Crippen LogP contribution in [0.15, 0.2) is 71.9 Å². The highest BCUT2D eigenvalue weighted by molar-refractivity contribution is 8.00. The summed E-state index contributed by atoms with van der Waals surface area (Å²) < 4.78 is 16.5. The summed E-state index contributed by atoms with van der Waals surface area (Å²) in [5.41, 5.74) is -1.26. The number of para-hydroxylation sites is 1. The van der Waals surface area contributed by atoms with Crippen molar-refractivity contribution in [1.82, 2.24) is 10.2 Å². The molecule has 3 atom stereocenters. The monoisotopic (exact) mass is 512 g/mol. The Morgan fingerprint density at radius 3 is 2.36 bits per heavy atom. The number of hydrogen-bond acceptors (Lipinski definition) is 8. The zero-order valence-corrected chi connectivity index (χ0v) is 20.3. The van der Waals surface area contributed by atoms with Crippen molar-refractivity contribution in [2.24, 2.45) is 0 Å². The van der Waals surface area contributed by atoms with E-state index < -0.39 is 41.0 Å². The average Bonchev–Trinajstić information content (AvgIpc) is 2.89. The molecule has 0 aliphatic carbocycles. The van der Waals surface area contributed by atoms with Crippen molar-refractivity contribution in [1.29, 1.82) is 0 Å². The molecule has 0 aromatic heterocycles. The minimum Gasteiger partial charge on any atom is -0.477 e. The van der Waals surface area contributed by atoms with Gasteiger partial charge in [0.2, 0.25) is 6.10 Å². The van der Waals surface area contributed by atoms with Gasteiger partial charge in [0.1, 0.15) is 23.4 Å². The molecule has 2 aromatic carbocycles. The lowest BCUT2D eigenvalue weighted by Crippen LogP contribution is -2.81. The van der Waals surface area contributed by atoms with Crippen molar-refractivity contribution >= 4 is 35.5 Å². The van der Waals surface area contributed by atoms with Crippen molar-refractivity contribution in [3.8, 4) is 5.75 Å². The fraction of sp³-hybridized carbons (Fsp3) is 0.280. The Morgan fingerprint density at radius 1 is 1.14 bits per heavy atom. The van der Waals surface area contributed by atoms with Gasteiger partial charge in [-0.05, 0) is 12.1 Å². The highest BCUT2D eigenvalue weighted by Gasteiger charge is 2.67. The van der Waals surface area contributed by atoms with Crippen molar-refractivity contribution < 1.29 is 38.5 Å². The number of aliphatic carboxylic acids is 1. The van der Waals surface area contributed by atoms with Crippen molar-refractivity contribution in [2.75, 3.05) is 19.5 Å². The highest BCUT2D eigenvalue weighted by Crippen LogP contribution is 2.47. The Labute approximate surface area is 211 Å². The summed E-state index contributed by atoms with van der Waals surface area (Å²) in [6.07, 6.45) is -1.11. The van der Waals surface area contributed by atoms with Crippen LogP contribution in [0, 0.1) is 0 Å². The minimum atomic E-state index is -1.80. The molecule has 11 heteroatoms. The molecule has 2 heterocycles. The molecule has 10 nitrogen and oxygen atoms in total. The number of hydrogen-bond donors (Lipinski definition) is 2. The zero-order chi connectivity index (χ0) is 25.9. The predicted molar refractivity (Wildman–Crippen MR) is 129 cm³/mol. The lowest BCUT2D eigenvalue weighted by atomic mass is 9.97. The molecule has 1 saturated heterocycles. The van der Waals surface area contributed by atoms with Crippen LogP contribution in [0.2, 0.25) is 0 Å². The van der Waals surface area contributed by atoms with Gasteiger partial charge < -0.3 is 24.6 Å². The van der Waals surface area contributed by atoms with Crippen LogP contribution < -0.4 is 10.1 Å². The maximum Gasteiger partial charge on any atom is 0.352 e. The number of carbonyl (C=O) groups is 4. The summed E-state index contributed by atoms with van der Waals surface area (Å²) >= 11 is 1.19. The number of nitrogens with zero attached hydrogens (tertiary/aromatic N) is 1. The number of esters is 1. The molecular formula is C25H24N2O8S. The first-order chi connectivity index (χ1) is 17.3. The van der Waals surface area contributed by atoms with Gasteiger partial charge in [0.15, 0.2) is 0 Å². The highest BCUT2D eigenvalue weighted by atomic mass is 32.2. The normalized spacial score (nSPS) is 21.7. The average molecular weight is 513 g/mol. The summed E-state index contributed by atoms with van der Waals surface area (Å²) in [5.74, 6) is -2.69. The molecule has 0 bridgehead atoms. The van der Waals surface area contributed by atoms with Gasteiger partial charge in [0, 0.05) is 30.9 Å². The van der Waals surface area contributed by atoms with E-state index in [9.17, 15) is 24.3 Å². The third-order valence-corrected chi connectivity index (χ3v) is 7.10. The number of benzene rings is 2. The number of ether oxygens (including phenoxy) is 3. The first-order valence-electron chi connectivity index (χ1n) is 11.0. The number of fused-ring (bicyclic) bond motifs is 1. The fourth-order valence-corrected chi connectivity index (χ4v) is 5.45. The van der Waals surface area contributed by atoms with E-state index >= 15 is 0 Å². The number of amides is 2. The van der Waals surface area contributed by atoms with Crippen molar-refractivity contribution in [3.05, 3.63) is 77.5 Å². The standard InChI is InChI=1S/C25H24N2O8S/c1-15(28)34-13-17-14-36-24-25(33-2,23(32)27(24)19(17)22(30)31)26-21(29)20(16-9-5-3-6-10-16)35-18-11-7-4-8-12-18/h3-12,20,24H,13-14H2,1-2H3,(H,26,29)(H,30,31)/t20?,24-,25?/m1/s1. The van der Waals surface area contributed by atoms with Crippen LogP contribution in [-0.2, 0) is 28.7 Å². The molecule has 0 radical (unpaired) electrons. The van der Waals surface area contributed by atoms with Crippen LogP contribution in [0.1, 0.15) is 18.6 Å². The second-order valence-corrected chi connectivity index (χ2v) is 9.10. The predicted octanol–water partition coefficient (Wildman–Crippen LogP) is 2.08. The van der Waals surface area contributed by atoms with Gasteiger partial charge in [0.05, 0.1) is 0 Å². The van der Waals surface area contributed by atoms with E-state index in [0.29, 0.717) is 11.3 Å². The van der Waals surface area contributed by atoms with E-state index in [1.54, 1.807) is 54.6 Å². The van der Waals surface area contributed by atoms with Gasteiger partial charge in [-0.25, -0.2) is 4.79 Å². The van der Waals surface area contributed by atoms with Gasteiger partial charge in [-0.2, -0.15) is 0 Å². The molecule has 2 unspecified atom stereocenters. The second-order valence-electron chi connectivity index (χ2n) is 8.03. The van der Waals surface area contributed by atoms with Gasteiger partial charge >= 0.3 is 11.9 Å². The zero-order valence-electron chi connectivity index (χ0n) is 19.5. The van der Waals surface area contributed by atoms with E-state index in [1.807, 2.05) is 6.07 Å². The van der Waals surface area contributed by atoms with E-state index in [1.165, 1.54) is 25.8 Å². The minimum absolute atomic E-state index is 0.160. The second kappa shape index (κ2) is 10.4. The lowest BCUT2D eigenvalue weighted by molar-refractivity contribution is -0.193. The summed E-state index contributed by atoms with van der Waals surface area (Å²) in [6, 6.07) is 17.5. The fourth-order valence-electron chi connectivity index (χ4n) is 4.03. The molecule has 2 N–H and O–H groups in total. The maximum absolute atomic E-state index is 13.5. The Bertz CT molecular complexity index is 1200. The Hall–Kier alpha value is -3.83. The van der Waals surface area contributed by atoms with Crippen LogP contribution in [0.4, 0.5) is 0 Å². The van der Waals surface area contributed by atoms with Gasteiger partial charge in [-0.15, -0.1) is 11.8 Å². The number of β-lactam (4-membered cyclic amide) rings is 1. The van der Waals surface area contributed by atoms with E-state index in [2.05, 4.69) is 5.32 Å². The summed E-state index contributed by atoms with van der Waals surface area (Å²) in [7, 11) is 1.27. The van der Waals surface area contributed by atoms with Gasteiger partial charge in [-0.3, -0.25) is 19.3 Å². The number of methoxy groups -OCH3 is 1. The molecular weight excluding hydrogens is 488 g/mol. The molecule has 0 spiro atoms.